The van der Waals surface area contributed by atoms with Crippen molar-refractivity contribution in [1.82, 2.24) is 0 Å². The van der Waals surface area contributed by atoms with Crippen LogP contribution in [0, 0.1) is 0 Å². The fourth-order valence-corrected chi connectivity index (χ4v) is 0.204. The van der Waals surface area contributed by atoms with E-state index in [1.807, 2.05) is 6.08 Å². The number of hydrogen-bond acceptors (Lipinski definition) is 1. The monoisotopic (exact) mass is 158 g/mol. The molecule has 0 aliphatic heterocycles. The second-order valence-electron chi connectivity index (χ2n) is 2.17. The molecule has 0 radical (unpaired) electrons. The molecule has 0 aliphatic carbocycles. The zero-order chi connectivity index (χ0) is 9.44. The van der Waals surface area contributed by atoms with E-state index in [0.29, 0.717) is 0 Å². The molecule has 2 N–H and O–H groups in total. The fraction of sp³-hybridized carbons (Fsp3) is 0.375. The van der Waals surface area contributed by atoms with Gasteiger partial charge in [0.2, 0.25) is 0 Å². The zero-order valence-electron chi connectivity index (χ0n) is 7.09. The van der Waals surface area contributed by atoms with Gasteiger partial charge in [-0.3, -0.25) is 0 Å². The van der Waals surface area contributed by atoms with Gasteiger partial charge in [0.15, 0.2) is 0 Å². The van der Waals surface area contributed by atoms with Crippen LogP contribution in [0.1, 0.15) is 20.8 Å². The van der Waals surface area contributed by atoms with Crippen molar-refractivity contribution < 1.29 is 15.0 Å². The molecule has 3 heteroatoms. The van der Waals surface area contributed by atoms with E-state index >= 15 is 0 Å². The summed E-state index contributed by atoms with van der Waals surface area (Å²) in [6, 6.07) is 0. The molecule has 0 aromatic carbocycles. The van der Waals surface area contributed by atoms with Gasteiger partial charge in [0, 0.05) is 0 Å². The third-order valence-electron chi connectivity index (χ3n) is 1.09. The normalized spacial score (nSPS) is 7.18. The summed E-state index contributed by atoms with van der Waals surface area (Å²) in [7, 11) is 0. The topological polar surface area (TPSA) is 57.5 Å². The van der Waals surface area contributed by atoms with Crippen molar-refractivity contribution in [2.75, 3.05) is 0 Å². The van der Waals surface area contributed by atoms with Crippen LogP contribution in [0.3, 0.4) is 0 Å². The van der Waals surface area contributed by atoms with Crippen LogP contribution >= 0.6 is 0 Å². The second kappa shape index (κ2) is 6.86. The molecular formula is C8H14O3. The summed E-state index contributed by atoms with van der Waals surface area (Å²) in [5.74, 6) is 0. The molecule has 0 fully saturated rings. The Bertz CT molecular complexity index is 160. The summed E-state index contributed by atoms with van der Waals surface area (Å²) in [5.41, 5.74) is 2.62. The number of rotatable bonds is 1. The highest BCUT2D eigenvalue weighted by molar-refractivity contribution is 5.53. The first-order valence-corrected chi connectivity index (χ1v) is 3.10. The molecule has 0 aliphatic rings. The molecule has 3 nitrogen and oxygen atoms in total. The highest BCUT2D eigenvalue weighted by Crippen LogP contribution is 2.00. The Hall–Kier alpha value is -1.25. The van der Waals surface area contributed by atoms with Crippen LogP contribution in [-0.2, 0) is 0 Å². The average molecular weight is 158 g/mol. The second-order valence-corrected chi connectivity index (χ2v) is 2.17. The van der Waals surface area contributed by atoms with Gasteiger partial charge in [0.05, 0.1) is 0 Å². The van der Waals surface area contributed by atoms with Crippen LogP contribution in [-0.4, -0.2) is 16.4 Å². The first-order chi connectivity index (χ1) is 4.91. The molecule has 0 aromatic heterocycles. The van der Waals surface area contributed by atoms with Gasteiger partial charge < -0.3 is 10.2 Å². The maximum Gasteiger partial charge on any atom is 0.503 e. The van der Waals surface area contributed by atoms with Crippen molar-refractivity contribution in [3.63, 3.8) is 0 Å². The molecule has 0 amide bonds. The van der Waals surface area contributed by atoms with Crippen molar-refractivity contribution in [3.8, 4) is 0 Å². The smallest absolute Gasteiger partial charge is 0.450 e. The minimum atomic E-state index is -1.83. The lowest BCUT2D eigenvalue weighted by Gasteiger charge is -1.90. The van der Waals surface area contributed by atoms with Gasteiger partial charge in [0.1, 0.15) is 0 Å². The average Bonchev–Trinajstić information content (AvgIpc) is 1.85. The van der Waals surface area contributed by atoms with Crippen molar-refractivity contribution >= 4 is 6.16 Å². The summed E-state index contributed by atoms with van der Waals surface area (Å²) >= 11 is 0. The maximum absolute atomic E-state index is 8.56. The number of carboxylic acid groups (broad SMARTS) is 2. The van der Waals surface area contributed by atoms with Crippen LogP contribution in [0.25, 0.3) is 0 Å². The van der Waals surface area contributed by atoms with Gasteiger partial charge in [-0.15, -0.1) is 0 Å². The molecular weight excluding hydrogens is 144 g/mol. The fourth-order valence-electron chi connectivity index (χ4n) is 0.204. The number of allylic oxidation sites excluding steroid dienone is 3. The van der Waals surface area contributed by atoms with Crippen molar-refractivity contribution in [3.05, 3.63) is 23.8 Å². The minimum absolute atomic E-state index is 1.28. The Morgan fingerprint density at radius 1 is 1.27 bits per heavy atom. The van der Waals surface area contributed by atoms with E-state index in [-0.39, 0.29) is 0 Å². The summed E-state index contributed by atoms with van der Waals surface area (Å²) in [6.07, 6.45) is 0.0370. The first-order valence-electron chi connectivity index (χ1n) is 3.10. The van der Waals surface area contributed by atoms with Crippen LogP contribution in [0.5, 0.6) is 0 Å². The first kappa shape index (κ1) is 12.4. The zero-order valence-corrected chi connectivity index (χ0v) is 7.09. The quantitative estimate of drug-likeness (QED) is 0.577. The molecule has 0 saturated heterocycles. The van der Waals surface area contributed by atoms with Gasteiger partial charge in [-0.1, -0.05) is 23.8 Å². The Kier molecular flexibility index (Phi) is 7.76. The van der Waals surface area contributed by atoms with E-state index in [9.17, 15) is 0 Å². The lowest BCUT2D eigenvalue weighted by molar-refractivity contribution is 0.137. The van der Waals surface area contributed by atoms with E-state index in [4.69, 9.17) is 15.0 Å². The predicted molar refractivity (Wildman–Crippen MR) is 44.9 cm³/mol. The highest BCUT2D eigenvalue weighted by Gasteiger charge is 1.79. The van der Waals surface area contributed by atoms with Crippen molar-refractivity contribution in [2.24, 2.45) is 0 Å². The van der Waals surface area contributed by atoms with E-state index in [0.717, 1.165) is 0 Å². The predicted octanol–water partition coefficient (Wildman–Crippen LogP) is 2.75. The summed E-state index contributed by atoms with van der Waals surface area (Å²) in [6.45, 7) is 9.84. The minimum Gasteiger partial charge on any atom is -0.450 e. The highest BCUT2D eigenvalue weighted by atomic mass is 16.6. The third kappa shape index (κ3) is 17.7. The molecule has 0 saturated carbocycles. The Labute approximate surface area is 66.7 Å². The molecule has 64 valence electrons. The SMILES string of the molecule is C=CC(C)=C(C)C.O=C(O)O. The largest absolute Gasteiger partial charge is 0.503 e. The molecule has 0 atom stereocenters. The third-order valence-corrected chi connectivity index (χ3v) is 1.09. The molecule has 0 bridgehead atoms. The van der Waals surface area contributed by atoms with Gasteiger partial charge in [0.25, 0.3) is 0 Å². The molecule has 0 unspecified atom stereocenters. The summed E-state index contributed by atoms with van der Waals surface area (Å²) < 4.78 is 0. The van der Waals surface area contributed by atoms with Gasteiger partial charge >= 0.3 is 6.16 Å². The molecule has 0 aromatic rings. The lowest BCUT2D eigenvalue weighted by atomic mass is 10.2. The molecule has 0 heterocycles. The van der Waals surface area contributed by atoms with E-state index in [1.165, 1.54) is 11.1 Å². The van der Waals surface area contributed by atoms with Crippen LogP contribution < -0.4 is 0 Å². The Morgan fingerprint density at radius 3 is 1.55 bits per heavy atom. The van der Waals surface area contributed by atoms with E-state index in [1.54, 1.807) is 0 Å². The van der Waals surface area contributed by atoms with E-state index in [2.05, 4.69) is 27.4 Å². The number of carbonyl (C=O) groups is 1. The van der Waals surface area contributed by atoms with Crippen LogP contribution in [0.4, 0.5) is 4.79 Å². The number of hydrogen-bond donors (Lipinski definition) is 2. The van der Waals surface area contributed by atoms with E-state index < -0.39 is 6.16 Å². The molecule has 0 spiro atoms. The Balaban J connectivity index is 0. The van der Waals surface area contributed by atoms with Crippen LogP contribution in [0.2, 0.25) is 0 Å². The summed E-state index contributed by atoms with van der Waals surface area (Å²) in [5, 5.41) is 13.9. The maximum atomic E-state index is 8.56. The van der Waals surface area contributed by atoms with Gasteiger partial charge in [-0.25, -0.2) is 4.79 Å². The van der Waals surface area contributed by atoms with Gasteiger partial charge in [-0.05, 0) is 20.8 Å². The van der Waals surface area contributed by atoms with Crippen molar-refractivity contribution in [1.29, 1.82) is 0 Å². The Morgan fingerprint density at radius 2 is 1.55 bits per heavy atom. The molecule has 11 heavy (non-hydrogen) atoms. The van der Waals surface area contributed by atoms with Gasteiger partial charge in [-0.2, -0.15) is 0 Å². The molecule has 0 rings (SSSR count). The summed E-state index contributed by atoms with van der Waals surface area (Å²) in [4.78, 5) is 8.56. The van der Waals surface area contributed by atoms with Crippen LogP contribution in [0.15, 0.2) is 23.8 Å². The lowest BCUT2D eigenvalue weighted by Crippen LogP contribution is -1.81. The van der Waals surface area contributed by atoms with Crippen molar-refractivity contribution in [2.45, 2.75) is 20.8 Å². The standard InChI is InChI=1S/C7H12.CH2O3/c1-5-7(4)6(2)3;2-1(3)4/h5H,1H2,2-4H3;(H2,2,3,4).